The maximum atomic E-state index is 11.7. The highest BCUT2D eigenvalue weighted by atomic mass is 35.5. The lowest BCUT2D eigenvalue weighted by Crippen LogP contribution is -2.24. The molecule has 3 rings (SSSR count). The first kappa shape index (κ1) is 16.8. The number of aromatic nitrogens is 1. The molecule has 0 aliphatic rings. The number of rotatable bonds is 6. The van der Waals surface area contributed by atoms with Gasteiger partial charge in [-0.3, -0.25) is 4.79 Å². The zero-order valence-corrected chi connectivity index (χ0v) is 14.1. The average molecular weight is 354 g/mol. The fourth-order valence-electron chi connectivity index (χ4n) is 2.17. The van der Waals surface area contributed by atoms with Gasteiger partial charge in [-0.1, -0.05) is 35.9 Å². The Morgan fingerprint density at radius 1 is 1.16 bits per heavy atom. The zero-order valence-electron chi connectivity index (χ0n) is 13.3. The molecule has 0 fully saturated rings. The Morgan fingerprint density at radius 3 is 2.80 bits per heavy atom. The molecule has 1 heterocycles. The standard InChI is InChI=1S/C19H16ClN3O2/c20-16-5-4-8-18(11-16)25-14-19(24)22-21-12-15-9-10-23(13-15)17-6-2-1-3-7-17/h1-13H,14H2,(H,22,24)/b21-12+. The lowest BCUT2D eigenvalue weighted by atomic mass is 10.3. The number of hydrogen-bond donors (Lipinski definition) is 1. The molecule has 2 aromatic carbocycles. The molecule has 126 valence electrons. The summed E-state index contributed by atoms with van der Waals surface area (Å²) in [5, 5.41) is 4.49. The molecule has 1 amide bonds. The summed E-state index contributed by atoms with van der Waals surface area (Å²) in [7, 11) is 0. The van der Waals surface area contributed by atoms with Gasteiger partial charge < -0.3 is 9.30 Å². The minimum Gasteiger partial charge on any atom is -0.484 e. The first-order valence-corrected chi connectivity index (χ1v) is 8.02. The lowest BCUT2D eigenvalue weighted by molar-refractivity contribution is -0.123. The largest absolute Gasteiger partial charge is 0.484 e. The summed E-state index contributed by atoms with van der Waals surface area (Å²) in [6.07, 6.45) is 5.44. The van der Waals surface area contributed by atoms with E-state index in [4.69, 9.17) is 16.3 Å². The second-order valence-electron chi connectivity index (χ2n) is 5.23. The molecule has 0 unspecified atom stereocenters. The zero-order chi connectivity index (χ0) is 17.5. The maximum absolute atomic E-state index is 11.7. The van der Waals surface area contributed by atoms with Crippen LogP contribution in [0.5, 0.6) is 5.75 Å². The van der Waals surface area contributed by atoms with Crippen molar-refractivity contribution in [3.63, 3.8) is 0 Å². The monoisotopic (exact) mass is 353 g/mol. The second-order valence-corrected chi connectivity index (χ2v) is 5.66. The number of halogens is 1. The number of amides is 1. The molecule has 0 saturated heterocycles. The van der Waals surface area contributed by atoms with Gasteiger partial charge in [-0.2, -0.15) is 5.10 Å². The van der Waals surface area contributed by atoms with Crippen LogP contribution in [0.15, 0.2) is 78.2 Å². The predicted octanol–water partition coefficient (Wildman–Crippen LogP) is 3.66. The number of carbonyl (C=O) groups is 1. The van der Waals surface area contributed by atoms with Crippen LogP contribution in [0.1, 0.15) is 5.56 Å². The Kier molecular flexibility index (Phi) is 5.49. The number of hydrazone groups is 1. The molecule has 0 spiro atoms. The third-order valence-electron chi connectivity index (χ3n) is 3.34. The molecule has 6 heteroatoms. The third-order valence-corrected chi connectivity index (χ3v) is 3.57. The molecular weight excluding hydrogens is 338 g/mol. The Labute approximate surface area is 150 Å². The van der Waals surface area contributed by atoms with E-state index in [1.165, 1.54) is 0 Å². The van der Waals surface area contributed by atoms with Crippen LogP contribution in [0.4, 0.5) is 0 Å². The summed E-state index contributed by atoms with van der Waals surface area (Å²) >= 11 is 5.85. The summed E-state index contributed by atoms with van der Waals surface area (Å²) in [6.45, 7) is -0.136. The van der Waals surface area contributed by atoms with E-state index in [-0.39, 0.29) is 12.5 Å². The molecule has 25 heavy (non-hydrogen) atoms. The maximum Gasteiger partial charge on any atom is 0.277 e. The van der Waals surface area contributed by atoms with Crippen LogP contribution in [0.3, 0.4) is 0 Å². The molecule has 0 radical (unpaired) electrons. The van der Waals surface area contributed by atoms with Crippen LogP contribution in [-0.4, -0.2) is 23.3 Å². The highest BCUT2D eigenvalue weighted by Crippen LogP contribution is 2.16. The Hall–Kier alpha value is -3.05. The molecule has 0 atom stereocenters. The lowest BCUT2D eigenvalue weighted by Gasteiger charge is -2.04. The van der Waals surface area contributed by atoms with E-state index in [9.17, 15) is 4.79 Å². The third kappa shape index (κ3) is 4.96. The van der Waals surface area contributed by atoms with Crippen molar-refractivity contribution < 1.29 is 9.53 Å². The van der Waals surface area contributed by atoms with Crippen LogP contribution >= 0.6 is 11.6 Å². The highest BCUT2D eigenvalue weighted by Gasteiger charge is 2.02. The van der Waals surface area contributed by atoms with Gasteiger partial charge in [-0.05, 0) is 36.4 Å². The van der Waals surface area contributed by atoms with E-state index in [1.807, 2.05) is 53.4 Å². The van der Waals surface area contributed by atoms with Gasteiger partial charge in [0.2, 0.25) is 0 Å². The summed E-state index contributed by atoms with van der Waals surface area (Å²) in [4.78, 5) is 11.7. The van der Waals surface area contributed by atoms with Crippen LogP contribution in [-0.2, 0) is 4.79 Å². The average Bonchev–Trinajstić information content (AvgIpc) is 3.10. The Morgan fingerprint density at radius 2 is 2.00 bits per heavy atom. The normalized spacial score (nSPS) is 10.8. The van der Waals surface area contributed by atoms with Crippen molar-refractivity contribution in [2.45, 2.75) is 0 Å². The van der Waals surface area contributed by atoms with E-state index in [0.29, 0.717) is 10.8 Å². The first-order chi connectivity index (χ1) is 12.2. The van der Waals surface area contributed by atoms with Crippen molar-refractivity contribution in [1.29, 1.82) is 0 Å². The molecule has 5 nitrogen and oxygen atoms in total. The van der Waals surface area contributed by atoms with Gasteiger partial charge in [0.15, 0.2) is 6.61 Å². The summed E-state index contributed by atoms with van der Waals surface area (Å²) < 4.78 is 7.32. The van der Waals surface area contributed by atoms with Gasteiger partial charge in [0.05, 0.1) is 6.21 Å². The fourth-order valence-corrected chi connectivity index (χ4v) is 2.35. The van der Waals surface area contributed by atoms with Gasteiger partial charge in [0.25, 0.3) is 5.91 Å². The first-order valence-electron chi connectivity index (χ1n) is 7.64. The van der Waals surface area contributed by atoms with Crippen LogP contribution in [0.25, 0.3) is 5.69 Å². The number of ether oxygens (including phenoxy) is 1. The van der Waals surface area contributed by atoms with E-state index >= 15 is 0 Å². The minimum atomic E-state index is -0.348. The van der Waals surface area contributed by atoms with E-state index in [0.717, 1.165) is 11.3 Å². The number of benzene rings is 2. The van der Waals surface area contributed by atoms with Gasteiger partial charge in [0.1, 0.15) is 5.75 Å². The van der Waals surface area contributed by atoms with Crippen molar-refractivity contribution >= 4 is 23.7 Å². The smallest absolute Gasteiger partial charge is 0.277 e. The van der Waals surface area contributed by atoms with E-state index in [1.54, 1.807) is 30.5 Å². The fraction of sp³-hybridized carbons (Fsp3) is 0.0526. The van der Waals surface area contributed by atoms with Crippen molar-refractivity contribution in [2.75, 3.05) is 6.61 Å². The number of hydrogen-bond acceptors (Lipinski definition) is 3. The minimum absolute atomic E-state index is 0.136. The molecule has 0 aliphatic heterocycles. The molecule has 0 saturated carbocycles. The predicted molar refractivity (Wildman–Crippen MR) is 98.5 cm³/mol. The molecule has 0 bridgehead atoms. The van der Waals surface area contributed by atoms with Crippen molar-refractivity contribution in [3.05, 3.63) is 83.6 Å². The molecule has 0 aliphatic carbocycles. The van der Waals surface area contributed by atoms with Crippen molar-refractivity contribution in [1.82, 2.24) is 9.99 Å². The Balaban J connectivity index is 1.49. The second kappa shape index (κ2) is 8.17. The van der Waals surface area contributed by atoms with Gasteiger partial charge in [-0.15, -0.1) is 0 Å². The number of para-hydroxylation sites is 1. The van der Waals surface area contributed by atoms with Crippen molar-refractivity contribution in [2.24, 2.45) is 5.10 Å². The highest BCUT2D eigenvalue weighted by molar-refractivity contribution is 6.30. The summed E-state index contributed by atoms with van der Waals surface area (Å²) in [5.74, 6) is 0.185. The van der Waals surface area contributed by atoms with Crippen LogP contribution in [0, 0.1) is 0 Å². The SMILES string of the molecule is O=C(COc1cccc(Cl)c1)N/N=C/c1ccn(-c2ccccc2)c1. The molecule has 3 aromatic rings. The van der Waals surface area contributed by atoms with Crippen LogP contribution < -0.4 is 10.2 Å². The van der Waals surface area contributed by atoms with E-state index < -0.39 is 0 Å². The Bertz CT molecular complexity index is 875. The summed E-state index contributed by atoms with van der Waals surface area (Å²) in [5.41, 5.74) is 4.36. The van der Waals surface area contributed by atoms with Crippen molar-refractivity contribution in [3.8, 4) is 11.4 Å². The van der Waals surface area contributed by atoms with Gasteiger partial charge in [-0.25, -0.2) is 5.43 Å². The van der Waals surface area contributed by atoms with Gasteiger partial charge >= 0.3 is 0 Å². The summed E-state index contributed by atoms with van der Waals surface area (Å²) in [6, 6.07) is 18.7. The quantitative estimate of drug-likeness (QED) is 0.543. The van der Waals surface area contributed by atoms with Crippen LogP contribution in [0.2, 0.25) is 5.02 Å². The number of nitrogens with one attached hydrogen (secondary N) is 1. The molecule has 1 aromatic heterocycles. The van der Waals surface area contributed by atoms with Gasteiger partial charge in [0, 0.05) is 28.7 Å². The molecular formula is C19H16ClN3O2. The number of nitrogens with zero attached hydrogens (tertiary/aromatic N) is 2. The van der Waals surface area contributed by atoms with E-state index in [2.05, 4.69) is 10.5 Å². The molecule has 1 N–H and O–H groups in total. The topological polar surface area (TPSA) is 55.6 Å². The number of carbonyl (C=O) groups excluding carboxylic acids is 1.